The quantitative estimate of drug-likeness (QED) is 0.767. The molecule has 0 saturated heterocycles. The van der Waals surface area contributed by atoms with Crippen molar-refractivity contribution in [1.82, 2.24) is 4.98 Å². The van der Waals surface area contributed by atoms with E-state index in [4.69, 9.17) is 11.5 Å². The van der Waals surface area contributed by atoms with Crippen LogP contribution in [0.5, 0.6) is 0 Å². The molecule has 0 aliphatic heterocycles. The van der Waals surface area contributed by atoms with Crippen molar-refractivity contribution in [2.24, 2.45) is 5.73 Å². The topological polar surface area (TPSA) is 64.9 Å². The smallest absolute Gasteiger partial charge is 0.122 e. The van der Waals surface area contributed by atoms with Gasteiger partial charge in [0.25, 0.3) is 0 Å². The van der Waals surface area contributed by atoms with Crippen molar-refractivity contribution < 1.29 is 4.39 Å². The lowest BCUT2D eigenvalue weighted by molar-refractivity contribution is 0.218. The van der Waals surface area contributed by atoms with Gasteiger partial charge in [0.1, 0.15) is 6.17 Å². The van der Waals surface area contributed by atoms with Gasteiger partial charge >= 0.3 is 0 Å². The average molecular weight is 197 g/mol. The summed E-state index contributed by atoms with van der Waals surface area (Å²) in [5.74, 6) is 0. The van der Waals surface area contributed by atoms with E-state index in [9.17, 15) is 4.39 Å². The second kappa shape index (κ2) is 3.92. The van der Waals surface area contributed by atoms with Gasteiger partial charge in [0, 0.05) is 30.0 Å². The molecule has 0 aliphatic rings. The Hall–Kier alpha value is -1.16. The first kappa shape index (κ1) is 10.9. The molecule has 4 N–H and O–H groups in total. The third kappa shape index (κ3) is 2.67. The van der Waals surface area contributed by atoms with Crippen LogP contribution >= 0.6 is 0 Å². The van der Waals surface area contributed by atoms with Gasteiger partial charge in [-0.05, 0) is 25.5 Å². The maximum Gasteiger partial charge on any atom is 0.122 e. The highest BCUT2D eigenvalue weighted by Crippen LogP contribution is 2.18. The first-order valence-electron chi connectivity index (χ1n) is 4.52. The van der Waals surface area contributed by atoms with Crippen molar-refractivity contribution in [2.75, 3.05) is 5.73 Å². The van der Waals surface area contributed by atoms with Crippen LogP contribution in [0.15, 0.2) is 18.5 Å². The fraction of sp³-hybridized carbons (Fsp3) is 0.500. The molecular weight excluding hydrogens is 181 g/mol. The number of pyridine rings is 1. The number of nitrogen functional groups attached to an aromatic ring is 1. The number of nitrogens with two attached hydrogens (primary N) is 2. The van der Waals surface area contributed by atoms with Crippen LogP contribution in [-0.4, -0.2) is 16.7 Å². The van der Waals surface area contributed by atoms with Gasteiger partial charge in [-0.1, -0.05) is 0 Å². The van der Waals surface area contributed by atoms with Gasteiger partial charge in [0.05, 0.1) is 0 Å². The summed E-state index contributed by atoms with van der Waals surface area (Å²) in [7, 11) is 0. The Morgan fingerprint density at radius 2 is 2.21 bits per heavy atom. The number of halogens is 1. The SMILES string of the molecule is CC(C)(N)C(F)Cc1cnccc1N. The molecule has 1 aromatic rings. The maximum atomic E-state index is 13.6. The summed E-state index contributed by atoms with van der Waals surface area (Å²) in [5, 5.41) is 0. The van der Waals surface area contributed by atoms with Crippen molar-refractivity contribution in [3.05, 3.63) is 24.0 Å². The summed E-state index contributed by atoms with van der Waals surface area (Å²) < 4.78 is 13.6. The summed E-state index contributed by atoms with van der Waals surface area (Å²) >= 11 is 0. The van der Waals surface area contributed by atoms with Crippen molar-refractivity contribution in [3.8, 4) is 0 Å². The Kier molecular flexibility index (Phi) is 3.06. The van der Waals surface area contributed by atoms with Crippen molar-refractivity contribution >= 4 is 5.69 Å². The summed E-state index contributed by atoms with van der Waals surface area (Å²) in [5.41, 5.74) is 11.7. The largest absolute Gasteiger partial charge is 0.398 e. The molecule has 0 spiro atoms. The second-order valence-electron chi connectivity index (χ2n) is 4.07. The van der Waals surface area contributed by atoms with E-state index < -0.39 is 11.7 Å². The average Bonchev–Trinajstić information content (AvgIpc) is 2.07. The Balaban J connectivity index is 2.75. The van der Waals surface area contributed by atoms with Gasteiger partial charge in [-0.25, -0.2) is 4.39 Å². The first-order chi connectivity index (χ1) is 6.41. The van der Waals surface area contributed by atoms with Crippen molar-refractivity contribution in [2.45, 2.75) is 32.0 Å². The van der Waals surface area contributed by atoms with Crippen LogP contribution in [0.1, 0.15) is 19.4 Å². The van der Waals surface area contributed by atoms with E-state index in [1.165, 1.54) is 0 Å². The van der Waals surface area contributed by atoms with Gasteiger partial charge in [0.15, 0.2) is 0 Å². The number of hydrogen-bond acceptors (Lipinski definition) is 3. The number of alkyl halides is 1. The van der Waals surface area contributed by atoms with E-state index in [0.29, 0.717) is 11.3 Å². The highest BCUT2D eigenvalue weighted by molar-refractivity contribution is 5.44. The van der Waals surface area contributed by atoms with E-state index in [1.54, 1.807) is 32.3 Å². The van der Waals surface area contributed by atoms with Crippen LogP contribution < -0.4 is 11.5 Å². The zero-order chi connectivity index (χ0) is 10.8. The fourth-order valence-corrected chi connectivity index (χ4v) is 1.06. The molecule has 0 saturated carbocycles. The van der Waals surface area contributed by atoms with Gasteiger partial charge in [-0.15, -0.1) is 0 Å². The number of rotatable bonds is 3. The molecule has 1 heterocycles. The lowest BCUT2D eigenvalue weighted by atomic mass is 9.94. The minimum atomic E-state index is -1.12. The van der Waals surface area contributed by atoms with Crippen LogP contribution in [0.25, 0.3) is 0 Å². The predicted octanol–water partition coefficient (Wildman–Crippen LogP) is 1.28. The Bertz CT molecular complexity index is 306. The minimum absolute atomic E-state index is 0.211. The van der Waals surface area contributed by atoms with Gasteiger partial charge in [-0.2, -0.15) is 0 Å². The standard InChI is InChI=1S/C10H16FN3/c1-10(2,13)9(11)5-7-6-14-4-3-8(7)12/h3-4,6,9H,5,13H2,1-2H3,(H2,12,14). The number of anilines is 1. The van der Waals surface area contributed by atoms with Crippen molar-refractivity contribution in [1.29, 1.82) is 0 Å². The third-order valence-electron chi connectivity index (χ3n) is 2.15. The number of nitrogens with zero attached hydrogens (tertiary/aromatic N) is 1. The molecule has 1 atom stereocenters. The van der Waals surface area contributed by atoms with Crippen LogP contribution in [0.3, 0.4) is 0 Å². The number of aromatic nitrogens is 1. The normalized spacial score (nSPS) is 14.0. The predicted molar refractivity (Wildman–Crippen MR) is 55.5 cm³/mol. The van der Waals surface area contributed by atoms with E-state index >= 15 is 0 Å². The minimum Gasteiger partial charge on any atom is -0.398 e. The van der Waals surface area contributed by atoms with Gasteiger partial charge < -0.3 is 11.5 Å². The molecule has 0 aliphatic carbocycles. The Labute approximate surface area is 83.3 Å². The number of hydrogen-bond donors (Lipinski definition) is 2. The second-order valence-corrected chi connectivity index (χ2v) is 4.07. The monoisotopic (exact) mass is 197 g/mol. The molecule has 1 unspecified atom stereocenters. The summed E-state index contributed by atoms with van der Waals surface area (Å²) in [6, 6.07) is 1.66. The summed E-state index contributed by atoms with van der Waals surface area (Å²) in [6.45, 7) is 3.31. The lowest BCUT2D eigenvalue weighted by Gasteiger charge is -2.23. The zero-order valence-corrected chi connectivity index (χ0v) is 8.50. The fourth-order valence-electron chi connectivity index (χ4n) is 1.06. The van der Waals surface area contributed by atoms with E-state index in [1.807, 2.05) is 0 Å². The highest BCUT2D eigenvalue weighted by atomic mass is 19.1. The molecule has 1 rings (SSSR count). The molecule has 14 heavy (non-hydrogen) atoms. The molecule has 4 heteroatoms. The third-order valence-corrected chi connectivity index (χ3v) is 2.15. The maximum absolute atomic E-state index is 13.6. The molecule has 0 fully saturated rings. The molecule has 0 amide bonds. The van der Waals surface area contributed by atoms with Crippen LogP contribution in [0.4, 0.5) is 10.1 Å². The molecule has 3 nitrogen and oxygen atoms in total. The van der Waals surface area contributed by atoms with Gasteiger partial charge in [0.2, 0.25) is 0 Å². The van der Waals surface area contributed by atoms with Crippen molar-refractivity contribution in [3.63, 3.8) is 0 Å². The first-order valence-corrected chi connectivity index (χ1v) is 4.52. The molecule has 0 radical (unpaired) electrons. The summed E-state index contributed by atoms with van der Waals surface area (Å²) in [4.78, 5) is 3.89. The molecule has 1 aromatic heterocycles. The zero-order valence-electron chi connectivity index (χ0n) is 8.50. The highest BCUT2D eigenvalue weighted by Gasteiger charge is 2.25. The molecule has 0 aromatic carbocycles. The molecule has 78 valence electrons. The van der Waals surface area contributed by atoms with E-state index in [0.717, 1.165) is 0 Å². The molecule has 0 bridgehead atoms. The lowest BCUT2D eigenvalue weighted by Crippen LogP contribution is -2.43. The van der Waals surface area contributed by atoms with Crippen LogP contribution in [0.2, 0.25) is 0 Å². The van der Waals surface area contributed by atoms with Crippen LogP contribution in [-0.2, 0) is 6.42 Å². The van der Waals surface area contributed by atoms with E-state index in [2.05, 4.69) is 4.98 Å². The Morgan fingerprint density at radius 1 is 1.57 bits per heavy atom. The van der Waals surface area contributed by atoms with Crippen LogP contribution in [0, 0.1) is 0 Å². The molecular formula is C10H16FN3. The summed E-state index contributed by atoms with van der Waals surface area (Å²) in [6.07, 6.45) is 2.25. The van der Waals surface area contributed by atoms with Gasteiger partial charge in [-0.3, -0.25) is 4.98 Å². The van der Waals surface area contributed by atoms with E-state index in [-0.39, 0.29) is 6.42 Å². The Morgan fingerprint density at radius 3 is 2.71 bits per heavy atom.